The number of benzene rings is 1. The Kier molecular flexibility index (Phi) is 8.74. The maximum atomic E-state index is 11.8. The molecule has 0 aromatic heterocycles. The van der Waals surface area contributed by atoms with E-state index in [1.807, 2.05) is 37.6 Å². The minimum atomic E-state index is -0.876. The first kappa shape index (κ1) is 25.8. The predicted molar refractivity (Wildman–Crippen MR) is 138 cm³/mol. The van der Waals surface area contributed by atoms with Gasteiger partial charge in [-0.25, -0.2) is 4.79 Å². The number of nitrogens with one attached hydrogen (secondary N) is 2. The average Bonchev–Trinajstić information content (AvgIpc) is 3.08. The summed E-state index contributed by atoms with van der Waals surface area (Å²) >= 11 is 1.63. The average molecular weight is 487 g/mol. The summed E-state index contributed by atoms with van der Waals surface area (Å²) in [7, 11) is 6.79. The Morgan fingerprint density at radius 3 is 2.56 bits per heavy atom. The third-order valence-electron chi connectivity index (χ3n) is 6.25. The van der Waals surface area contributed by atoms with Crippen molar-refractivity contribution in [1.82, 2.24) is 10.6 Å². The van der Waals surface area contributed by atoms with Gasteiger partial charge in [-0.3, -0.25) is 0 Å². The third kappa shape index (κ3) is 5.13. The molecule has 2 aliphatic rings. The summed E-state index contributed by atoms with van der Waals surface area (Å²) in [5.41, 5.74) is 5.53. The van der Waals surface area contributed by atoms with Gasteiger partial charge in [0.15, 0.2) is 11.5 Å². The van der Waals surface area contributed by atoms with Crippen LogP contribution in [0.15, 0.2) is 47.7 Å². The molecule has 0 fully saturated rings. The Morgan fingerprint density at radius 1 is 1.24 bits per heavy atom. The molecular formula is C26H34N2O5S. The van der Waals surface area contributed by atoms with Gasteiger partial charge >= 0.3 is 5.97 Å². The second kappa shape index (κ2) is 11.5. The van der Waals surface area contributed by atoms with Crippen LogP contribution in [-0.2, 0) is 11.2 Å². The number of methoxy groups -OCH3 is 3. The summed E-state index contributed by atoms with van der Waals surface area (Å²) < 4.78 is 17.1. The summed E-state index contributed by atoms with van der Waals surface area (Å²) in [6, 6.07) is 1.40. The van der Waals surface area contributed by atoms with Crippen LogP contribution in [0.2, 0.25) is 0 Å². The summed E-state index contributed by atoms with van der Waals surface area (Å²) in [4.78, 5) is 11.8. The first-order valence-electron chi connectivity index (χ1n) is 11.2. The van der Waals surface area contributed by atoms with Crippen molar-refractivity contribution in [3.63, 3.8) is 0 Å². The molecule has 0 bridgehead atoms. The standard InChI is InChI=1S/C26H34N2O5S/c1-15-13-18-17(8-10-19(15)28-21(26(29)30)11-12-34-6)23-16(7-9-20(18)27-2)14-22(31-3)24(32-4)25(23)33-5/h8,10,13-14,20-21,27-28H,1,7,9,11-12H2,2-6H3,(H,29,30). The Hall–Kier alpha value is -2.84. The van der Waals surface area contributed by atoms with E-state index in [1.165, 1.54) is 0 Å². The number of hydrogen-bond donors (Lipinski definition) is 3. The number of carbonyl (C=O) groups is 1. The van der Waals surface area contributed by atoms with Crippen molar-refractivity contribution in [1.29, 1.82) is 0 Å². The molecule has 34 heavy (non-hydrogen) atoms. The van der Waals surface area contributed by atoms with Crippen molar-refractivity contribution in [3.8, 4) is 17.2 Å². The number of aliphatic carboxylic acids is 1. The Morgan fingerprint density at radius 2 is 1.97 bits per heavy atom. The number of fused-ring (bicyclic) bond motifs is 3. The lowest BCUT2D eigenvalue weighted by atomic mass is 9.91. The van der Waals surface area contributed by atoms with E-state index < -0.39 is 12.0 Å². The van der Waals surface area contributed by atoms with Gasteiger partial charge in [-0.1, -0.05) is 12.7 Å². The first-order valence-corrected chi connectivity index (χ1v) is 12.6. The smallest absolute Gasteiger partial charge is 0.326 e. The van der Waals surface area contributed by atoms with Crippen molar-refractivity contribution in [3.05, 3.63) is 58.8 Å². The molecule has 2 aliphatic carbocycles. The van der Waals surface area contributed by atoms with Crippen LogP contribution in [-0.4, -0.2) is 63.5 Å². The molecule has 0 saturated heterocycles. The Labute approximate surface area is 205 Å². The molecule has 3 rings (SSSR count). The highest BCUT2D eigenvalue weighted by atomic mass is 32.2. The van der Waals surface area contributed by atoms with Gasteiger partial charge in [0.05, 0.1) is 21.3 Å². The van der Waals surface area contributed by atoms with Gasteiger partial charge in [-0.05, 0) is 78.8 Å². The summed E-state index contributed by atoms with van der Waals surface area (Å²) in [5, 5.41) is 16.3. The van der Waals surface area contributed by atoms with Gasteiger partial charge in [-0.15, -0.1) is 0 Å². The van der Waals surface area contributed by atoms with Gasteiger partial charge in [0.25, 0.3) is 0 Å². The molecule has 184 valence electrons. The predicted octanol–water partition coefficient (Wildman–Crippen LogP) is 3.81. The monoisotopic (exact) mass is 486 g/mol. The van der Waals surface area contributed by atoms with Crippen LogP contribution < -0.4 is 24.8 Å². The zero-order valence-corrected chi connectivity index (χ0v) is 21.3. The highest BCUT2D eigenvalue weighted by Crippen LogP contribution is 2.49. The van der Waals surface area contributed by atoms with E-state index in [4.69, 9.17) is 14.2 Å². The molecule has 2 atom stereocenters. The SMILES string of the molecule is C=C1C=C2C(=CC=C1NC(CCSC)C(=O)O)c1c(cc(OC)c(OC)c1OC)CCC2NC. The molecule has 1 aromatic carbocycles. The van der Waals surface area contributed by atoms with Gasteiger partial charge < -0.3 is 30.0 Å². The molecule has 3 N–H and O–H groups in total. The summed E-state index contributed by atoms with van der Waals surface area (Å²) in [5.74, 6) is 1.66. The molecule has 0 amide bonds. The van der Waals surface area contributed by atoms with E-state index in [2.05, 4.69) is 17.2 Å². The van der Waals surface area contributed by atoms with Crippen LogP contribution in [0.3, 0.4) is 0 Å². The number of likely N-dealkylation sites (N-methyl/N-ethyl adjacent to an activating group) is 1. The van der Waals surface area contributed by atoms with Gasteiger partial charge in [0, 0.05) is 17.3 Å². The van der Waals surface area contributed by atoms with Crippen LogP contribution in [0.25, 0.3) is 5.57 Å². The number of aryl methyl sites for hydroxylation is 1. The molecule has 2 unspecified atom stereocenters. The summed E-state index contributed by atoms with van der Waals surface area (Å²) in [6.07, 6.45) is 10.1. The summed E-state index contributed by atoms with van der Waals surface area (Å²) in [6.45, 7) is 4.26. The maximum absolute atomic E-state index is 11.8. The minimum absolute atomic E-state index is 0.0802. The van der Waals surface area contributed by atoms with Crippen LogP contribution >= 0.6 is 11.8 Å². The van der Waals surface area contributed by atoms with E-state index in [-0.39, 0.29) is 6.04 Å². The lowest BCUT2D eigenvalue weighted by Gasteiger charge is -2.22. The van der Waals surface area contributed by atoms with E-state index in [0.717, 1.165) is 46.4 Å². The van der Waals surface area contributed by atoms with Crippen LogP contribution in [0.5, 0.6) is 17.2 Å². The lowest BCUT2D eigenvalue weighted by molar-refractivity contribution is -0.139. The van der Waals surface area contributed by atoms with Crippen LogP contribution in [0.4, 0.5) is 0 Å². The van der Waals surface area contributed by atoms with Gasteiger partial charge in [-0.2, -0.15) is 11.8 Å². The number of carboxylic acid groups (broad SMARTS) is 1. The van der Waals surface area contributed by atoms with Gasteiger partial charge in [0.1, 0.15) is 6.04 Å². The Balaban J connectivity index is 2.18. The molecule has 0 aliphatic heterocycles. The lowest BCUT2D eigenvalue weighted by Crippen LogP contribution is -2.37. The number of ether oxygens (including phenoxy) is 3. The topological polar surface area (TPSA) is 89.1 Å². The quantitative estimate of drug-likeness (QED) is 0.460. The largest absolute Gasteiger partial charge is 0.493 e. The van der Waals surface area contributed by atoms with Crippen molar-refractivity contribution in [2.75, 3.05) is 40.4 Å². The zero-order valence-electron chi connectivity index (χ0n) is 20.5. The third-order valence-corrected chi connectivity index (χ3v) is 6.89. The molecule has 7 nitrogen and oxygen atoms in total. The number of hydrogen-bond acceptors (Lipinski definition) is 7. The van der Waals surface area contributed by atoms with Gasteiger partial charge in [0.2, 0.25) is 5.75 Å². The number of thioether (sulfide) groups is 1. The molecule has 8 heteroatoms. The number of rotatable bonds is 10. The van der Waals surface area contributed by atoms with Crippen molar-refractivity contribution in [2.24, 2.45) is 0 Å². The highest BCUT2D eigenvalue weighted by molar-refractivity contribution is 7.98. The minimum Gasteiger partial charge on any atom is -0.493 e. The van der Waals surface area contributed by atoms with E-state index in [0.29, 0.717) is 29.4 Å². The van der Waals surface area contributed by atoms with E-state index >= 15 is 0 Å². The fraction of sp³-hybridized carbons (Fsp3) is 0.423. The molecule has 1 aromatic rings. The fourth-order valence-electron chi connectivity index (χ4n) is 4.51. The second-order valence-electron chi connectivity index (χ2n) is 8.16. The number of allylic oxidation sites excluding steroid dienone is 3. The van der Waals surface area contributed by atoms with E-state index in [9.17, 15) is 9.90 Å². The van der Waals surface area contributed by atoms with Crippen molar-refractivity contribution in [2.45, 2.75) is 31.3 Å². The highest BCUT2D eigenvalue weighted by Gasteiger charge is 2.31. The second-order valence-corrected chi connectivity index (χ2v) is 9.15. The number of carboxylic acids is 1. The molecule has 0 saturated carbocycles. The maximum Gasteiger partial charge on any atom is 0.326 e. The first-order chi connectivity index (χ1) is 16.4. The van der Waals surface area contributed by atoms with Crippen molar-refractivity contribution >= 4 is 23.3 Å². The normalized spacial score (nSPS) is 18.2. The van der Waals surface area contributed by atoms with Crippen LogP contribution in [0, 0.1) is 0 Å². The van der Waals surface area contributed by atoms with Crippen molar-refractivity contribution < 1.29 is 24.1 Å². The fourth-order valence-corrected chi connectivity index (χ4v) is 4.98. The Bertz CT molecular complexity index is 1040. The van der Waals surface area contributed by atoms with Crippen LogP contribution in [0.1, 0.15) is 24.0 Å². The van der Waals surface area contributed by atoms with E-state index in [1.54, 1.807) is 33.1 Å². The molecular weight excluding hydrogens is 452 g/mol. The molecule has 0 heterocycles. The molecule has 0 radical (unpaired) electrons. The molecule has 0 spiro atoms. The zero-order chi connectivity index (χ0) is 24.8.